The molecule has 0 radical (unpaired) electrons. The van der Waals surface area contributed by atoms with E-state index in [0.29, 0.717) is 99.1 Å². The maximum Gasteiger partial charge on any atom is 0.186 e. The van der Waals surface area contributed by atoms with Gasteiger partial charge in [0.15, 0.2) is 49.9 Å². The second-order valence-corrected chi connectivity index (χ2v) is 63.7. The van der Waals surface area contributed by atoms with Crippen LogP contribution in [-0.2, 0) is 126 Å². The minimum absolute atomic E-state index is 0. The highest BCUT2D eigenvalue weighted by Crippen LogP contribution is 2.19. The second-order valence-electron chi connectivity index (χ2n) is 37.2. The monoisotopic (exact) mass is 2120 g/mol. The van der Waals surface area contributed by atoms with Crippen LogP contribution in [0.1, 0.15) is 272 Å². The van der Waals surface area contributed by atoms with Crippen molar-refractivity contribution in [1.82, 2.24) is 0 Å². The maximum atomic E-state index is 5.80. The Morgan fingerprint density at radius 2 is 0.283 bits per heavy atom. The smallest absolute Gasteiger partial charge is 0.186 e. The van der Waals surface area contributed by atoms with E-state index in [1.807, 2.05) is 139 Å². The van der Waals surface area contributed by atoms with Gasteiger partial charge < -0.3 is 126 Å². The third-order valence-corrected chi connectivity index (χ3v) is 36.1. The topological polar surface area (TPSA) is 249 Å². The van der Waals surface area contributed by atoms with Crippen LogP contribution in [-0.4, -0.2) is 364 Å². The van der Waals surface area contributed by atoms with E-state index in [0.717, 1.165) is 154 Å². The van der Waals surface area contributed by atoms with E-state index in [2.05, 4.69) is 99.3 Å². The Morgan fingerprint density at radius 1 is 0.159 bits per heavy atom. The van der Waals surface area contributed by atoms with Crippen LogP contribution in [0.25, 0.3) is 0 Å². The van der Waals surface area contributed by atoms with Gasteiger partial charge in [0.25, 0.3) is 0 Å². The highest BCUT2D eigenvalue weighted by molar-refractivity contribution is 6.72. The molecule has 0 fully saturated rings. The lowest BCUT2D eigenvalue weighted by molar-refractivity contribution is -0.0797. The molecule has 0 N–H and O–H groups in total. The summed E-state index contributed by atoms with van der Waals surface area (Å²) in [5.74, 6) is 0. The first kappa shape index (κ1) is 180. The van der Waals surface area contributed by atoms with Gasteiger partial charge in [-0.3, -0.25) is 0 Å². The molecule has 0 aliphatic carbocycles. The van der Waals surface area contributed by atoms with Gasteiger partial charge in [0.2, 0.25) is 0 Å². The molecule has 864 valence electrons. The van der Waals surface area contributed by atoms with Gasteiger partial charge in [-0.15, -0.1) is 0 Å². The second kappa shape index (κ2) is 117. The summed E-state index contributed by atoms with van der Waals surface area (Å²) >= 11 is 0. The molecule has 0 aliphatic heterocycles. The van der Waals surface area contributed by atoms with Crippen LogP contribution in [0.15, 0.2) is 0 Å². The van der Waals surface area contributed by atoms with Gasteiger partial charge in [-0.2, -0.15) is 0 Å². The molecule has 0 rings (SSSR count). The van der Waals surface area contributed by atoms with Gasteiger partial charge in [-0.05, 0) is 284 Å². The lowest BCUT2D eigenvalue weighted by Gasteiger charge is -2.21. The molecule has 0 aromatic rings. The molecule has 0 spiro atoms. The quantitative estimate of drug-likeness (QED) is 0.0405. The van der Waals surface area contributed by atoms with Crippen molar-refractivity contribution in [1.29, 1.82) is 0 Å². The van der Waals surface area contributed by atoms with Crippen LogP contribution < -0.4 is 0 Å². The Labute approximate surface area is 871 Å². The van der Waals surface area contributed by atoms with Gasteiger partial charge >= 0.3 is 0 Å². The first-order chi connectivity index (χ1) is 59.1. The molecule has 0 aromatic carbocycles. The summed E-state index contributed by atoms with van der Waals surface area (Å²) in [5.41, 5.74) is 0. The van der Waals surface area contributed by atoms with E-state index >= 15 is 0 Å². The Bertz CT molecular complexity index is 2220. The molecule has 0 amide bonds. The van der Waals surface area contributed by atoms with Crippen molar-refractivity contribution in [2.45, 2.75) is 478 Å². The normalized spacial score (nSPS) is 14.5. The number of methoxy groups -OCH3 is 2. The summed E-state index contributed by atoms with van der Waals surface area (Å²) in [4.78, 5) is 0. The molecule has 0 aliphatic rings. The fraction of sp³-hybridized carbons (Fsp3) is 1.00. The molecule has 15 unspecified atom stereocenters. The molecule has 0 aromatic heterocycles. The molecule has 0 heterocycles. The highest BCUT2D eigenvalue weighted by atomic mass is 28.4. The van der Waals surface area contributed by atoms with Crippen LogP contribution in [0.2, 0.25) is 115 Å². The number of ether oxygens (including phenoxy) is 21. The highest BCUT2D eigenvalue weighted by Gasteiger charge is 2.26. The predicted molar refractivity (Wildman–Crippen MR) is 614 cm³/mol. The summed E-state index contributed by atoms with van der Waals surface area (Å²) in [6, 6.07) is 6.78. The van der Waals surface area contributed by atoms with Crippen molar-refractivity contribution in [2.75, 3.05) is 222 Å². The average Bonchev–Trinajstić information content (AvgIpc) is 0.969. The minimum Gasteiger partial charge on any atom is -0.420 e. The van der Waals surface area contributed by atoms with Gasteiger partial charge in [-0.1, -0.05) is 103 Å². The van der Waals surface area contributed by atoms with Crippen LogP contribution in [0.5, 0.6) is 0 Å². The minimum atomic E-state index is -1.46. The first-order valence-electron chi connectivity index (χ1n) is 48.0. The Balaban J connectivity index is -0.0000000771. The molecule has 27 nitrogen and oxygen atoms in total. The van der Waals surface area contributed by atoms with Gasteiger partial charge in [0.1, 0.15) is 0 Å². The molecular formula is C105H258O27Si6. The zero-order valence-corrected chi connectivity index (χ0v) is 95.3. The average molecular weight is 2120 g/mol. The number of hydrogen-bond donors (Lipinski definition) is 0. The predicted octanol–water partition coefficient (Wildman–Crippen LogP) is 27.3. The zero-order chi connectivity index (χ0) is 97.3. The molecule has 0 saturated carbocycles. The third-order valence-electron chi connectivity index (χ3n) is 20.1. The van der Waals surface area contributed by atoms with Crippen molar-refractivity contribution < 1.29 is 126 Å². The fourth-order valence-electron chi connectivity index (χ4n) is 10.6. The van der Waals surface area contributed by atoms with Gasteiger partial charge in [0.05, 0.1) is 191 Å². The van der Waals surface area contributed by atoms with Crippen molar-refractivity contribution in [3.05, 3.63) is 0 Å². The van der Waals surface area contributed by atoms with Gasteiger partial charge in [0, 0.05) is 123 Å². The van der Waals surface area contributed by atoms with Crippen LogP contribution in [0, 0.1) is 0 Å². The number of rotatable bonds is 81. The van der Waals surface area contributed by atoms with Crippen LogP contribution >= 0.6 is 0 Å². The van der Waals surface area contributed by atoms with Crippen LogP contribution in [0.3, 0.4) is 0 Å². The first-order valence-corrected chi connectivity index (χ1v) is 66.7. The fourth-order valence-corrected chi connectivity index (χ4v) is 17.8. The summed E-state index contributed by atoms with van der Waals surface area (Å²) in [6.45, 7) is 82.3. The van der Waals surface area contributed by atoms with Gasteiger partial charge in [-0.25, -0.2) is 0 Å². The molecule has 33 heteroatoms. The SMILES string of the molecule is C.C.C.C.C.C.C.C.C.C.C.C.CCCOCC(C)OCC(C)OCC(C)OCCC[Si](C)(C)OC.CCCOCC(C)OCC(C)OCCC[Si](C)(C)OC.CCOCC(C)OCC(C)OCC(C)OCCC[Si](C)(C)OC.CCOCC(C)OCC(C)OCCC[Si](C)(C)OC.COCC(C)OCC(C)OCC(C)OCCC[Si](C)(C)OC.COCC(C)OCC(C)OCCC[Si](C)(C)OC. The summed E-state index contributed by atoms with van der Waals surface area (Å²) in [5, 5.41) is 0. The van der Waals surface area contributed by atoms with E-state index in [1.54, 1.807) is 28.4 Å². The van der Waals surface area contributed by atoms with E-state index in [-0.39, 0.29) is 181 Å². The van der Waals surface area contributed by atoms with E-state index in [9.17, 15) is 0 Å². The van der Waals surface area contributed by atoms with Crippen LogP contribution in [0.4, 0.5) is 0 Å². The Kier molecular flexibility index (Phi) is 153. The molecule has 0 bridgehead atoms. The third kappa shape index (κ3) is 136. The van der Waals surface area contributed by atoms with Crippen molar-refractivity contribution in [3.63, 3.8) is 0 Å². The zero-order valence-electron chi connectivity index (χ0n) is 89.3. The maximum absolute atomic E-state index is 5.80. The number of hydrogen-bond acceptors (Lipinski definition) is 27. The van der Waals surface area contributed by atoms with Crippen molar-refractivity contribution in [3.8, 4) is 0 Å². The van der Waals surface area contributed by atoms with E-state index in [4.69, 9.17) is 126 Å². The molecule has 0 saturated heterocycles. The Morgan fingerprint density at radius 3 is 0.406 bits per heavy atom. The largest absolute Gasteiger partial charge is 0.420 e. The standard InChI is InChI=1S/C18H40O5Si.C17H38O5Si.C16H36O5Si.C15H34O4Si.C14H32O4Si.C13H30O4Si.12CH4/c1-8-10-20-13-16(2)22-15-18(4)23-14-17(3)21-11-9-12-24(6,7)19-5;1-8-19-12-15(2)21-14-17(4)22-13-16(3)20-10-9-11-23(6,7)18-5;1-14(11-17-4)20-13-16(3)21-12-15(2)19-9-8-10-22(6,7)18-5;1-7-9-17-12-14(2)19-13-15(3)18-10-8-11-20(5,6)16-4;1-7-16-11-13(2)18-12-14(3)17-9-8-10-19(5,6)15-4;1-12(10-14-3)17-11-13(2)16-8-7-9-18(5,6)15-4;;;;;;;;;;;;/h16-18H,8-15H2,1-7H3;15-17H,8-14H2,1-7H3;14-16H,8-13H2,1-7H3;14-15H,7-13H2,1-6H3;13-14H,7-12H2,1-6H3;12-13H,7-11H2,1-6H3;12*1H4. The molecule has 138 heavy (non-hydrogen) atoms. The van der Waals surface area contributed by atoms with E-state index < -0.39 is 49.9 Å². The summed E-state index contributed by atoms with van der Waals surface area (Å²) < 4.78 is 151. The molecule has 15 atom stereocenters. The van der Waals surface area contributed by atoms with Crippen molar-refractivity contribution in [2.24, 2.45) is 0 Å². The summed E-state index contributed by atoms with van der Waals surface area (Å²) in [7, 11) is 5.56. The van der Waals surface area contributed by atoms with Crippen molar-refractivity contribution >= 4 is 49.9 Å². The lowest BCUT2D eigenvalue weighted by atomic mass is 10.4. The van der Waals surface area contributed by atoms with E-state index in [1.165, 1.54) is 0 Å². The lowest BCUT2D eigenvalue weighted by Crippen LogP contribution is -2.29. The molecular weight excluding hydrogens is 1860 g/mol. The summed E-state index contributed by atoms with van der Waals surface area (Å²) in [6.07, 6.45) is 9.99. The Hall–Kier alpha value is 0.221.